The van der Waals surface area contributed by atoms with Gasteiger partial charge in [-0.15, -0.1) is 0 Å². The summed E-state index contributed by atoms with van der Waals surface area (Å²) in [5, 5.41) is 3.45. The third-order valence-corrected chi connectivity index (χ3v) is 5.21. The number of rotatable bonds is 13. The number of nitrogens with one attached hydrogen (secondary N) is 1. The van der Waals surface area contributed by atoms with Crippen molar-refractivity contribution in [1.82, 2.24) is 5.32 Å². The molecule has 0 rings (SSSR count). The molecule has 0 aliphatic heterocycles. The molecule has 0 saturated heterocycles. The summed E-state index contributed by atoms with van der Waals surface area (Å²) in [7, 11) is 0. The van der Waals surface area contributed by atoms with Crippen LogP contribution < -0.4 is 5.32 Å². The normalized spacial score (nSPS) is 16.6. The Morgan fingerprint density at radius 3 is 2.27 bits per heavy atom. The van der Waals surface area contributed by atoms with Crippen molar-refractivity contribution in [3.05, 3.63) is 23.0 Å². The zero-order chi connectivity index (χ0) is 20.2. The highest BCUT2D eigenvalue weighted by Gasteiger charge is 2.31. The van der Waals surface area contributed by atoms with Crippen LogP contribution in [0.5, 0.6) is 0 Å². The number of halogens is 2. The topological polar surface area (TPSA) is 24.4 Å². The van der Waals surface area contributed by atoms with Crippen molar-refractivity contribution >= 4 is 6.21 Å². The van der Waals surface area contributed by atoms with E-state index in [1.54, 1.807) is 6.92 Å². The molecule has 152 valence electrons. The van der Waals surface area contributed by atoms with Crippen LogP contribution in [0, 0.1) is 11.8 Å². The minimum atomic E-state index is -2.57. The van der Waals surface area contributed by atoms with Gasteiger partial charge in [0.2, 0.25) is 5.92 Å². The highest BCUT2D eigenvalue weighted by atomic mass is 19.3. The molecular weight excluding hydrogens is 330 g/mol. The molecule has 26 heavy (non-hydrogen) atoms. The average Bonchev–Trinajstić information content (AvgIpc) is 2.62. The first-order valence-corrected chi connectivity index (χ1v) is 10.2. The van der Waals surface area contributed by atoms with Crippen LogP contribution in [0.4, 0.5) is 8.78 Å². The molecule has 2 atom stereocenters. The third-order valence-electron chi connectivity index (χ3n) is 5.21. The van der Waals surface area contributed by atoms with Crippen LogP contribution >= 0.6 is 0 Å². The summed E-state index contributed by atoms with van der Waals surface area (Å²) in [5.41, 5.74) is 2.38. The quantitative estimate of drug-likeness (QED) is 0.343. The summed E-state index contributed by atoms with van der Waals surface area (Å²) in [5.74, 6) is -1.48. The van der Waals surface area contributed by atoms with Crippen molar-refractivity contribution in [1.29, 1.82) is 0 Å². The van der Waals surface area contributed by atoms with Gasteiger partial charge < -0.3 is 5.32 Å². The highest BCUT2D eigenvalue weighted by Crippen LogP contribution is 2.32. The van der Waals surface area contributed by atoms with E-state index in [2.05, 4.69) is 44.1 Å². The van der Waals surface area contributed by atoms with Gasteiger partial charge in [0.05, 0.1) is 0 Å². The molecule has 0 aromatic carbocycles. The van der Waals surface area contributed by atoms with Crippen molar-refractivity contribution in [3.8, 4) is 0 Å². The minimum absolute atomic E-state index is 0.0219. The summed E-state index contributed by atoms with van der Waals surface area (Å²) in [6.45, 7) is 14.6. The molecule has 0 amide bonds. The fourth-order valence-electron chi connectivity index (χ4n) is 2.96. The first-order valence-electron chi connectivity index (χ1n) is 10.2. The molecule has 0 aromatic rings. The number of nitrogens with zero attached hydrogens (tertiary/aromatic N) is 1. The Balaban J connectivity index is 5.14. The SMILES string of the molecule is C\C=C(/C=N\C(NC[C@@H](CCC)C(C)CC(F)(F)CC)=C(\C)CC)CC. The lowest BCUT2D eigenvalue weighted by molar-refractivity contribution is -0.0319. The molecule has 1 N–H and O–H groups in total. The van der Waals surface area contributed by atoms with E-state index in [4.69, 9.17) is 0 Å². The average molecular weight is 371 g/mol. The molecule has 4 heteroatoms. The minimum Gasteiger partial charge on any atom is -0.370 e. The predicted octanol–water partition coefficient (Wildman–Crippen LogP) is 7.13. The molecule has 0 aliphatic carbocycles. The second kappa shape index (κ2) is 13.1. The standard InChI is InChI=1S/C22H40F2N2/c1-8-13-20(18(7)14-22(23,24)12-5)16-26-21(17(6)9-2)25-15-19(10-3)11-4/h10,15,18,20,26H,8-9,11-14,16H2,1-7H3/b19-10-,21-17+,25-15-/t18?,20-/m1/s1. The Hall–Kier alpha value is -1.19. The second-order valence-corrected chi connectivity index (χ2v) is 7.28. The molecule has 0 saturated carbocycles. The summed E-state index contributed by atoms with van der Waals surface area (Å²) >= 11 is 0. The number of hydrogen-bond donors (Lipinski definition) is 1. The molecule has 0 spiro atoms. The van der Waals surface area contributed by atoms with Gasteiger partial charge in [-0.05, 0) is 56.1 Å². The van der Waals surface area contributed by atoms with Gasteiger partial charge in [-0.25, -0.2) is 13.8 Å². The summed E-state index contributed by atoms with van der Waals surface area (Å²) < 4.78 is 27.6. The summed E-state index contributed by atoms with van der Waals surface area (Å²) in [6.07, 6.45) is 7.66. The van der Waals surface area contributed by atoms with Gasteiger partial charge in [0.1, 0.15) is 5.82 Å². The number of hydrogen-bond acceptors (Lipinski definition) is 2. The molecule has 0 aromatic heterocycles. The second-order valence-electron chi connectivity index (χ2n) is 7.28. The number of alkyl halides is 2. The molecule has 0 radical (unpaired) electrons. The van der Waals surface area contributed by atoms with Crippen molar-refractivity contribution in [2.75, 3.05) is 6.54 Å². The van der Waals surface area contributed by atoms with Crippen LogP contribution in [0.25, 0.3) is 0 Å². The monoisotopic (exact) mass is 370 g/mol. The van der Waals surface area contributed by atoms with Crippen LogP contribution in [0.15, 0.2) is 28.0 Å². The Morgan fingerprint density at radius 2 is 1.81 bits per heavy atom. The highest BCUT2D eigenvalue weighted by molar-refractivity contribution is 5.79. The zero-order valence-electron chi connectivity index (χ0n) is 18.0. The molecule has 2 nitrogen and oxygen atoms in total. The first-order chi connectivity index (χ1) is 12.2. The summed E-state index contributed by atoms with van der Waals surface area (Å²) in [4.78, 5) is 4.65. The Kier molecular flexibility index (Phi) is 12.5. The van der Waals surface area contributed by atoms with Crippen molar-refractivity contribution in [2.24, 2.45) is 16.8 Å². The molecule has 0 heterocycles. The molecular formula is C22H40F2N2. The number of aliphatic imine (C=N–C) groups is 1. The van der Waals surface area contributed by atoms with E-state index in [1.165, 1.54) is 11.1 Å². The predicted molar refractivity (Wildman–Crippen MR) is 111 cm³/mol. The van der Waals surface area contributed by atoms with Gasteiger partial charge >= 0.3 is 0 Å². The van der Waals surface area contributed by atoms with E-state index in [0.717, 1.165) is 31.5 Å². The molecule has 1 unspecified atom stereocenters. The van der Waals surface area contributed by atoms with E-state index in [9.17, 15) is 8.78 Å². The van der Waals surface area contributed by atoms with E-state index in [0.29, 0.717) is 6.54 Å². The third kappa shape index (κ3) is 9.49. The fraction of sp³-hybridized carbons (Fsp3) is 0.773. The van der Waals surface area contributed by atoms with E-state index >= 15 is 0 Å². The molecule has 0 fully saturated rings. The molecule has 0 aliphatic rings. The van der Waals surface area contributed by atoms with Gasteiger partial charge in [-0.2, -0.15) is 0 Å². The van der Waals surface area contributed by atoms with Gasteiger partial charge in [-0.3, -0.25) is 0 Å². The fourth-order valence-corrected chi connectivity index (χ4v) is 2.96. The van der Waals surface area contributed by atoms with Crippen LogP contribution in [-0.2, 0) is 0 Å². The summed E-state index contributed by atoms with van der Waals surface area (Å²) in [6, 6.07) is 0. The van der Waals surface area contributed by atoms with Crippen LogP contribution in [0.2, 0.25) is 0 Å². The van der Waals surface area contributed by atoms with Crippen LogP contribution in [-0.4, -0.2) is 18.7 Å². The lowest BCUT2D eigenvalue weighted by Gasteiger charge is -2.28. The number of allylic oxidation sites excluding steroid dienone is 3. The van der Waals surface area contributed by atoms with Gasteiger partial charge in [0.15, 0.2) is 0 Å². The maximum absolute atomic E-state index is 13.8. The van der Waals surface area contributed by atoms with E-state index in [-0.39, 0.29) is 24.7 Å². The van der Waals surface area contributed by atoms with E-state index < -0.39 is 5.92 Å². The zero-order valence-corrected chi connectivity index (χ0v) is 18.0. The van der Waals surface area contributed by atoms with Crippen molar-refractivity contribution in [2.45, 2.75) is 92.9 Å². The lowest BCUT2D eigenvalue weighted by atomic mass is 9.85. The van der Waals surface area contributed by atoms with Crippen LogP contribution in [0.3, 0.4) is 0 Å². The smallest absolute Gasteiger partial charge is 0.248 e. The van der Waals surface area contributed by atoms with Gasteiger partial charge in [0, 0.05) is 25.6 Å². The van der Waals surface area contributed by atoms with E-state index in [1.807, 2.05) is 20.1 Å². The van der Waals surface area contributed by atoms with Crippen molar-refractivity contribution in [3.63, 3.8) is 0 Å². The first kappa shape index (κ1) is 24.8. The lowest BCUT2D eigenvalue weighted by Crippen LogP contribution is -2.30. The maximum atomic E-state index is 13.8. The maximum Gasteiger partial charge on any atom is 0.248 e. The Morgan fingerprint density at radius 1 is 1.15 bits per heavy atom. The largest absolute Gasteiger partial charge is 0.370 e. The van der Waals surface area contributed by atoms with Crippen LogP contribution in [0.1, 0.15) is 87.0 Å². The molecule has 0 bridgehead atoms. The Bertz CT molecular complexity index is 479. The Labute approximate surface area is 160 Å². The van der Waals surface area contributed by atoms with Gasteiger partial charge in [0.25, 0.3) is 0 Å². The van der Waals surface area contributed by atoms with Gasteiger partial charge in [-0.1, -0.05) is 47.1 Å². The van der Waals surface area contributed by atoms with Crippen molar-refractivity contribution < 1.29 is 8.78 Å².